The molecule has 0 spiro atoms. The molecule has 2 fully saturated rings. The fourth-order valence-electron chi connectivity index (χ4n) is 4.20. The molecule has 2 saturated heterocycles. The van der Waals surface area contributed by atoms with Gasteiger partial charge in [-0.2, -0.15) is 0 Å². The molecule has 172 valence electrons. The molecule has 2 aliphatic rings. The van der Waals surface area contributed by atoms with Crippen LogP contribution < -0.4 is 5.32 Å². The Kier molecular flexibility index (Phi) is 7.52. The number of imide groups is 1. The zero-order chi connectivity index (χ0) is 23.0. The number of carbonyl (C=O) groups excluding carboxylic acids is 3. The zero-order valence-corrected chi connectivity index (χ0v) is 18.7. The second-order valence-corrected chi connectivity index (χ2v) is 8.45. The molecule has 2 aromatic carbocycles. The van der Waals surface area contributed by atoms with Crippen molar-refractivity contribution >= 4 is 23.9 Å². The Morgan fingerprint density at radius 3 is 2.30 bits per heavy atom. The highest BCUT2D eigenvalue weighted by atomic mass is 16.2. The first-order valence-corrected chi connectivity index (χ1v) is 11.5. The van der Waals surface area contributed by atoms with E-state index >= 15 is 0 Å². The van der Waals surface area contributed by atoms with E-state index in [0.29, 0.717) is 19.5 Å². The highest BCUT2D eigenvalue weighted by Crippen LogP contribution is 2.16. The number of nitrogens with zero attached hydrogens (tertiary/aromatic N) is 3. The molecule has 1 N–H and O–H groups in total. The lowest BCUT2D eigenvalue weighted by atomic mass is 10.1. The van der Waals surface area contributed by atoms with Crippen LogP contribution in [0.1, 0.15) is 24.0 Å². The smallest absolute Gasteiger partial charge is 0.325 e. The van der Waals surface area contributed by atoms with E-state index in [9.17, 15) is 14.4 Å². The van der Waals surface area contributed by atoms with Crippen molar-refractivity contribution in [2.75, 3.05) is 32.7 Å². The number of piperazine rings is 1. The molecule has 0 aliphatic carbocycles. The molecule has 0 radical (unpaired) electrons. The lowest BCUT2D eigenvalue weighted by Crippen LogP contribution is -2.48. The van der Waals surface area contributed by atoms with Gasteiger partial charge in [0.2, 0.25) is 5.91 Å². The van der Waals surface area contributed by atoms with Crippen LogP contribution in [0.3, 0.4) is 0 Å². The van der Waals surface area contributed by atoms with Crippen molar-refractivity contribution in [3.63, 3.8) is 0 Å². The summed E-state index contributed by atoms with van der Waals surface area (Å²) in [4.78, 5) is 43.0. The second-order valence-electron chi connectivity index (χ2n) is 8.45. The van der Waals surface area contributed by atoms with Gasteiger partial charge in [0.1, 0.15) is 6.04 Å². The summed E-state index contributed by atoms with van der Waals surface area (Å²) in [6, 6.07) is 18.6. The highest BCUT2D eigenvalue weighted by Gasteiger charge is 2.38. The van der Waals surface area contributed by atoms with E-state index in [4.69, 9.17) is 0 Å². The maximum Gasteiger partial charge on any atom is 0.325 e. The SMILES string of the molecule is O=C(CC[C@H]1NC(=O)N(Cc2ccccc2)C1=O)N1CCN(C/C=C/c2ccccc2)CC1. The van der Waals surface area contributed by atoms with Gasteiger partial charge in [-0.3, -0.25) is 19.4 Å². The van der Waals surface area contributed by atoms with Gasteiger partial charge in [0.05, 0.1) is 6.54 Å². The lowest BCUT2D eigenvalue weighted by Gasteiger charge is -2.34. The van der Waals surface area contributed by atoms with Crippen LogP contribution in [-0.4, -0.2) is 71.3 Å². The Balaban J connectivity index is 1.18. The number of benzene rings is 2. The van der Waals surface area contributed by atoms with Gasteiger partial charge in [-0.05, 0) is 17.5 Å². The summed E-state index contributed by atoms with van der Waals surface area (Å²) in [6.45, 7) is 4.13. The molecular formula is C26H30N4O3. The molecule has 4 amide bonds. The van der Waals surface area contributed by atoms with E-state index in [1.54, 1.807) is 0 Å². The molecule has 2 aromatic rings. The van der Waals surface area contributed by atoms with Gasteiger partial charge in [0, 0.05) is 39.1 Å². The molecule has 1 atom stereocenters. The number of hydrogen-bond donors (Lipinski definition) is 1. The predicted molar refractivity (Wildman–Crippen MR) is 127 cm³/mol. The largest absolute Gasteiger partial charge is 0.340 e. The van der Waals surface area contributed by atoms with Crippen LogP contribution in [0.5, 0.6) is 0 Å². The van der Waals surface area contributed by atoms with Gasteiger partial charge >= 0.3 is 6.03 Å². The average Bonchev–Trinajstić information content (AvgIpc) is 3.12. The van der Waals surface area contributed by atoms with Crippen LogP contribution in [0.25, 0.3) is 6.08 Å². The maximum absolute atomic E-state index is 12.7. The average molecular weight is 447 g/mol. The number of rotatable bonds is 8. The number of carbonyl (C=O) groups is 3. The van der Waals surface area contributed by atoms with E-state index in [-0.39, 0.29) is 24.8 Å². The van der Waals surface area contributed by atoms with Crippen LogP contribution in [-0.2, 0) is 16.1 Å². The molecule has 2 aliphatic heterocycles. The number of nitrogens with one attached hydrogen (secondary N) is 1. The molecule has 7 heteroatoms. The fraction of sp³-hybridized carbons (Fsp3) is 0.346. The highest BCUT2D eigenvalue weighted by molar-refractivity contribution is 6.04. The third kappa shape index (κ3) is 6.08. The summed E-state index contributed by atoms with van der Waals surface area (Å²) >= 11 is 0. The Labute approximate surface area is 194 Å². The van der Waals surface area contributed by atoms with Crippen molar-refractivity contribution in [2.24, 2.45) is 0 Å². The minimum Gasteiger partial charge on any atom is -0.340 e. The molecule has 4 rings (SSSR count). The van der Waals surface area contributed by atoms with Gasteiger partial charge < -0.3 is 10.2 Å². The van der Waals surface area contributed by atoms with Crippen LogP contribution in [0.4, 0.5) is 4.79 Å². The zero-order valence-electron chi connectivity index (χ0n) is 18.7. The minimum atomic E-state index is -0.630. The monoisotopic (exact) mass is 446 g/mol. The standard InChI is InChI=1S/C26H30N4O3/c31-24(29-18-16-28(17-19-29)15-7-12-21-8-3-1-4-9-21)14-13-23-25(32)30(26(33)27-23)20-22-10-5-2-6-11-22/h1-12,23H,13-20H2,(H,27,33)/b12-7+/t23-/m1/s1. The van der Waals surface area contributed by atoms with Crippen LogP contribution in [0.15, 0.2) is 66.7 Å². The van der Waals surface area contributed by atoms with Gasteiger partial charge in [-0.15, -0.1) is 0 Å². The Hall–Kier alpha value is -3.45. The van der Waals surface area contributed by atoms with Crippen molar-refractivity contribution in [3.8, 4) is 0 Å². The molecule has 0 unspecified atom stereocenters. The summed E-state index contributed by atoms with van der Waals surface area (Å²) in [6.07, 6.45) is 4.85. The van der Waals surface area contributed by atoms with Gasteiger partial charge in [-0.25, -0.2) is 4.79 Å². The van der Waals surface area contributed by atoms with Gasteiger partial charge in [0.25, 0.3) is 5.91 Å². The van der Waals surface area contributed by atoms with Crippen molar-refractivity contribution < 1.29 is 14.4 Å². The predicted octanol–water partition coefficient (Wildman–Crippen LogP) is 2.74. The van der Waals surface area contributed by atoms with Crippen LogP contribution in [0.2, 0.25) is 0 Å². The summed E-state index contributed by atoms with van der Waals surface area (Å²) in [5.74, 6) is -0.218. The Morgan fingerprint density at radius 2 is 1.61 bits per heavy atom. The van der Waals surface area contributed by atoms with E-state index in [0.717, 1.165) is 25.2 Å². The normalized spacial score (nSPS) is 19.3. The molecule has 2 heterocycles. The van der Waals surface area contributed by atoms with Gasteiger partial charge in [-0.1, -0.05) is 72.8 Å². The topological polar surface area (TPSA) is 73.0 Å². The van der Waals surface area contributed by atoms with Crippen molar-refractivity contribution in [1.29, 1.82) is 0 Å². The Bertz CT molecular complexity index is 985. The van der Waals surface area contributed by atoms with E-state index in [1.165, 1.54) is 10.5 Å². The van der Waals surface area contributed by atoms with Crippen LogP contribution in [0, 0.1) is 0 Å². The summed E-state index contributed by atoms with van der Waals surface area (Å²) in [7, 11) is 0. The summed E-state index contributed by atoms with van der Waals surface area (Å²) in [5, 5.41) is 2.73. The third-order valence-corrected chi connectivity index (χ3v) is 6.14. The van der Waals surface area contributed by atoms with E-state index < -0.39 is 12.1 Å². The second kappa shape index (κ2) is 10.9. The van der Waals surface area contributed by atoms with E-state index in [2.05, 4.69) is 34.5 Å². The molecule has 0 saturated carbocycles. The number of urea groups is 1. The molecule has 33 heavy (non-hydrogen) atoms. The molecule has 7 nitrogen and oxygen atoms in total. The maximum atomic E-state index is 12.7. The van der Waals surface area contributed by atoms with Crippen LogP contribution >= 0.6 is 0 Å². The van der Waals surface area contributed by atoms with Gasteiger partial charge in [0.15, 0.2) is 0 Å². The summed E-state index contributed by atoms with van der Waals surface area (Å²) < 4.78 is 0. The fourth-order valence-corrected chi connectivity index (χ4v) is 4.20. The first-order valence-electron chi connectivity index (χ1n) is 11.5. The lowest BCUT2D eigenvalue weighted by molar-refractivity contribution is -0.133. The van der Waals surface area contributed by atoms with E-state index in [1.807, 2.05) is 53.4 Å². The first kappa shape index (κ1) is 22.7. The number of amides is 4. The Morgan fingerprint density at radius 1 is 0.939 bits per heavy atom. The van der Waals surface area contributed by atoms with Crippen molar-refractivity contribution in [2.45, 2.75) is 25.4 Å². The quantitative estimate of drug-likeness (QED) is 0.633. The van der Waals surface area contributed by atoms with Crippen molar-refractivity contribution in [1.82, 2.24) is 20.0 Å². The summed E-state index contributed by atoms with van der Waals surface area (Å²) in [5.41, 5.74) is 2.08. The first-order chi connectivity index (χ1) is 16.1. The molecule has 0 bridgehead atoms. The molecule has 0 aromatic heterocycles. The molecular weight excluding hydrogens is 416 g/mol. The van der Waals surface area contributed by atoms with Crippen molar-refractivity contribution in [3.05, 3.63) is 77.9 Å². The number of hydrogen-bond acceptors (Lipinski definition) is 4. The minimum absolute atomic E-state index is 0.0398. The third-order valence-electron chi connectivity index (χ3n) is 6.14.